The van der Waals surface area contributed by atoms with E-state index < -0.39 is 34.1 Å². The van der Waals surface area contributed by atoms with Gasteiger partial charge in [0.25, 0.3) is 5.56 Å². The van der Waals surface area contributed by atoms with Crippen LogP contribution in [0.15, 0.2) is 35.3 Å². The molecule has 0 radical (unpaired) electrons. The lowest BCUT2D eigenvalue weighted by molar-refractivity contribution is -0.171. The van der Waals surface area contributed by atoms with Crippen molar-refractivity contribution in [3.05, 3.63) is 57.0 Å². The van der Waals surface area contributed by atoms with Crippen molar-refractivity contribution in [1.29, 1.82) is 0 Å². The Bertz CT molecular complexity index is 929. The number of rotatable bonds is 3. The highest BCUT2D eigenvalue weighted by Gasteiger charge is 2.64. The van der Waals surface area contributed by atoms with Gasteiger partial charge in [0.1, 0.15) is 16.7 Å². The molecule has 1 aliphatic heterocycles. The first-order chi connectivity index (χ1) is 12.2. The van der Waals surface area contributed by atoms with E-state index in [1.807, 2.05) is 0 Å². The number of hydrogen-bond acceptors (Lipinski definition) is 3. The van der Waals surface area contributed by atoms with Gasteiger partial charge in [-0.25, -0.2) is 0 Å². The Morgan fingerprint density at radius 1 is 1.27 bits per heavy atom. The average Bonchev–Trinajstić information content (AvgIpc) is 3.39. The van der Waals surface area contributed by atoms with E-state index in [1.165, 1.54) is 30.5 Å². The molecule has 2 atom stereocenters. The molecular weight excluding hydrogens is 389 g/mol. The molecule has 2 aromatic rings. The quantitative estimate of drug-likeness (QED) is 0.766. The minimum absolute atomic E-state index is 0.107. The van der Waals surface area contributed by atoms with Crippen molar-refractivity contribution in [3.63, 3.8) is 0 Å². The van der Waals surface area contributed by atoms with Crippen LogP contribution in [0.1, 0.15) is 24.0 Å². The largest absolute Gasteiger partial charge is 0.616 e. The second-order valence-corrected chi connectivity index (χ2v) is 8.69. The Morgan fingerprint density at radius 2 is 2.00 bits per heavy atom. The highest BCUT2D eigenvalue weighted by molar-refractivity contribution is 7.92. The van der Waals surface area contributed by atoms with Crippen molar-refractivity contribution < 1.29 is 17.7 Å². The Morgan fingerprint density at radius 3 is 2.65 bits per heavy atom. The lowest BCUT2D eigenvalue weighted by Crippen LogP contribution is -2.52. The third kappa shape index (κ3) is 2.62. The molecule has 4 rings (SSSR count). The van der Waals surface area contributed by atoms with Gasteiger partial charge in [-0.15, -0.1) is 0 Å². The maximum Gasteiger partial charge on any atom is 0.407 e. The van der Waals surface area contributed by atoms with Gasteiger partial charge in [0.15, 0.2) is 5.41 Å². The van der Waals surface area contributed by atoms with Crippen molar-refractivity contribution in [1.82, 2.24) is 4.98 Å². The number of anilines is 2. The predicted molar refractivity (Wildman–Crippen MR) is 94.7 cm³/mol. The number of aromatic amines is 1. The van der Waals surface area contributed by atoms with Gasteiger partial charge in [-0.2, -0.15) is 13.2 Å². The van der Waals surface area contributed by atoms with E-state index in [4.69, 9.17) is 11.6 Å². The van der Waals surface area contributed by atoms with Gasteiger partial charge in [0, 0.05) is 28.0 Å². The molecule has 1 saturated carbocycles. The molecule has 2 N–H and O–H groups in total. The molecule has 0 amide bonds. The topological polar surface area (TPSA) is 68.0 Å². The number of fused-ring (bicyclic) bond motifs is 2. The number of benzene rings is 1. The molecule has 0 saturated heterocycles. The predicted octanol–water partition coefficient (Wildman–Crippen LogP) is 3.84. The molecular formula is C17H14ClF3N2O2S. The van der Waals surface area contributed by atoms with Crippen molar-refractivity contribution in [2.75, 3.05) is 11.1 Å². The summed E-state index contributed by atoms with van der Waals surface area (Å²) in [5, 5.41) is 2.70. The molecule has 2 unspecified atom stereocenters. The third-order valence-corrected chi connectivity index (χ3v) is 7.03. The van der Waals surface area contributed by atoms with E-state index in [0.29, 0.717) is 12.8 Å². The number of halogens is 4. The van der Waals surface area contributed by atoms with E-state index in [9.17, 15) is 22.5 Å². The Labute approximate surface area is 154 Å². The Hall–Kier alpha value is -1.64. The molecule has 26 heavy (non-hydrogen) atoms. The monoisotopic (exact) mass is 402 g/mol. The fraction of sp³-hybridized carbons (Fsp3) is 0.353. The molecule has 1 aliphatic carbocycles. The summed E-state index contributed by atoms with van der Waals surface area (Å²) in [6.45, 7) is 0. The van der Waals surface area contributed by atoms with Crippen molar-refractivity contribution in [2.24, 2.45) is 0 Å². The first-order valence-electron chi connectivity index (χ1n) is 7.97. The number of hydrogen-bond donors (Lipinski definition) is 2. The molecule has 1 aromatic heterocycles. The lowest BCUT2D eigenvalue weighted by Gasteiger charge is -2.41. The van der Waals surface area contributed by atoms with Crippen LogP contribution >= 0.6 is 11.6 Å². The number of H-pyrrole nitrogens is 1. The summed E-state index contributed by atoms with van der Waals surface area (Å²) >= 11 is 4.31. The zero-order valence-electron chi connectivity index (χ0n) is 13.3. The molecule has 9 heteroatoms. The molecule has 138 valence electrons. The van der Waals surface area contributed by atoms with Crippen LogP contribution in [0, 0.1) is 0 Å². The van der Waals surface area contributed by atoms with Crippen LogP contribution in [0.2, 0.25) is 5.02 Å². The van der Waals surface area contributed by atoms with Crippen LogP contribution in [0.25, 0.3) is 0 Å². The summed E-state index contributed by atoms with van der Waals surface area (Å²) in [7, 11) is 0. The maximum absolute atomic E-state index is 14.5. The summed E-state index contributed by atoms with van der Waals surface area (Å²) in [5.74, 6) is -0.632. The van der Waals surface area contributed by atoms with Gasteiger partial charge in [-0.1, -0.05) is 11.6 Å². The molecule has 2 aliphatic rings. The SMILES string of the molecule is O=c1[nH]ccc2c1Nc1ccc(Cl)cc1C2(C[S+]([O-])C1CC1)C(F)(F)F. The molecule has 0 bridgehead atoms. The Balaban J connectivity index is 2.03. The average molecular weight is 403 g/mol. The molecule has 0 spiro atoms. The molecule has 1 aromatic carbocycles. The zero-order valence-corrected chi connectivity index (χ0v) is 14.9. The lowest BCUT2D eigenvalue weighted by atomic mass is 9.72. The van der Waals surface area contributed by atoms with E-state index in [1.54, 1.807) is 0 Å². The fourth-order valence-corrected chi connectivity index (χ4v) is 5.39. The van der Waals surface area contributed by atoms with Crippen LogP contribution in [-0.4, -0.2) is 26.7 Å². The van der Waals surface area contributed by atoms with Crippen LogP contribution in [0.5, 0.6) is 0 Å². The molecule has 4 nitrogen and oxygen atoms in total. The highest BCUT2D eigenvalue weighted by Crippen LogP contribution is 2.55. The highest BCUT2D eigenvalue weighted by atomic mass is 35.5. The van der Waals surface area contributed by atoms with Crippen molar-refractivity contribution in [3.8, 4) is 0 Å². The van der Waals surface area contributed by atoms with Gasteiger partial charge >= 0.3 is 6.18 Å². The normalized spacial score (nSPS) is 23.0. The van der Waals surface area contributed by atoms with Crippen LogP contribution < -0.4 is 10.9 Å². The Kier molecular flexibility index (Phi) is 4.05. The maximum atomic E-state index is 14.5. The van der Waals surface area contributed by atoms with E-state index in [-0.39, 0.29) is 32.8 Å². The van der Waals surface area contributed by atoms with Crippen LogP contribution in [0.3, 0.4) is 0 Å². The van der Waals surface area contributed by atoms with Gasteiger partial charge in [0.05, 0.1) is 0 Å². The second kappa shape index (κ2) is 5.94. The van der Waals surface area contributed by atoms with E-state index in [0.717, 1.165) is 0 Å². The summed E-state index contributed by atoms with van der Waals surface area (Å²) < 4.78 is 56.2. The van der Waals surface area contributed by atoms with Crippen LogP contribution in [-0.2, 0) is 16.6 Å². The summed E-state index contributed by atoms with van der Waals surface area (Å²) in [6, 6.07) is 5.33. The third-order valence-electron chi connectivity index (χ3n) is 4.86. The standard InChI is InChI=1S/C17H14ClF3N2O2S/c18-9-1-4-13-12(7-9)16(17(19,20)21,8-26(25)10-2-3-10)11-5-6-22-15(24)14(11)23-13/h1,4-7,10,23H,2-3,8H2,(H,22,24). The second-order valence-electron chi connectivity index (χ2n) is 6.54. The molecule has 2 heterocycles. The summed E-state index contributed by atoms with van der Waals surface area (Å²) in [6.07, 6.45) is -2.27. The first kappa shape index (κ1) is 17.8. The zero-order chi connectivity index (χ0) is 18.7. The minimum Gasteiger partial charge on any atom is -0.616 e. The van der Waals surface area contributed by atoms with Gasteiger partial charge in [0.2, 0.25) is 0 Å². The number of alkyl halides is 3. The summed E-state index contributed by atoms with van der Waals surface area (Å²) in [4.78, 5) is 14.6. The number of nitrogens with one attached hydrogen (secondary N) is 2. The molecule has 1 fully saturated rings. The minimum atomic E-state index is -4.76. The van der Waals surface area contributed by atoms with E-state index in [2.05, 4.69) is 10.3 Å². The van der Waals surface area contributed by atoms with Crippen LogP contribution in [0.4, 0.5) is 24.5 Å². The van der Waals surface area contributed by atoms with Crippen molar-refractivity contribution in [2.45, 2.75) is 29.7 Å². The fourth-order valence-electron chi connectivity index (χ4n) is 3.42. The van der Waals surface area contributed by atoms with Crippen molar-refractivity contribution >= 4 is 34.2 Å². The van der Waals surface area contributed by atoms with Gasteiger partial charge in [-0.3, -0.25) is 4.79 Å². The van der Waals surface area contributed by atoms with Gasteiger partial charge < -0.3 is 14.9 Å². The summed E-state index contributed by atoms with van der Waals surface area (Å²) in [5.41, 5.74) is -3.58. The number of aromatic nitrogens is 1. The van der Waals surface area contributed by atoms with E-state index >= 15 is 0 Å². The first-order valence-corrected chi connectivity index (χ1v) is 9.73. The van der Waals surface area contributed by atoms with Gasteiger partial charge in [-0.05, 0) is 48.3 Å². The number of pyridine rings is 1. The smallest absolute Gasteiger partial charge is 0.407 e.